The number of nitro benzene ring substituents is 2. The summed E-state index contributed by atoms with van der Waals surface area (Å²) in [6, 6.07) is 19.8. The Balaban J connectivity index is 2.08. The van der Waals surface area contributed by atoms with Crippen molar-refractivity contribution < 1.29 is 9.85 Å². The van der Waals surface area contributed by atoms with Crippen LogP contribution in [-0.4, -0.2) is 9.85 Å². The van der Waals surface area contributed by atoms with Gasteiger partial charge in [-0.15, -0.1) is 0 Å². The Hall–Kier alpha value is -3.26. The number of hydrogen-bond donors (Lipinski definition) is 0. The van der Waals surface area contributed by atoms with Crippen molar-refractivity contribution in [2.24, 2.45) is 0 Å². The minimum atomic E-state index is -0.459. The quantitative estimate of drug-likeness (QED) is 0.393. The molecule has 0 N–H and O–H groups in total. The zero-order valence-corrected chi connectivity index (χ0v) is 14.9. The summed E-state index contributed by atoms with van der Waals surface area (Å²) in [4.78, 5) is 22.7. The molecule has 0 radical (unpaired) electrons. The molecule has 0 unspecified atom stereocenters. The van der Waals surface area contributed by atoms with Gasteiger partial charge in [-0.1, -0.05) is 15.9 Å². The lowest BCUT2D eigenvalue weighted by Gasteiger charge is -2.25. The summed E-state index contributed by atoms with van der Waals surface area (Å²) in [5.74, 6) is 0. The summed E-state index contributed by atoms with van der Waals surface area (Å²) in [7, 11) is 0. The Morgan fingerprint density at radius 3 is 1.23 bits per heavy atom. The lowest BCUT2D eigenvalue weighted by Crippen LogP contribution is -2.09. The predicted octanol–water partition coefficient (Wildman–Crippen LogP) is 5.74. The molecule has 7 nitrogen and oxygen atoms in total. The van der Waals surface area contributed by atoms with Gasteiger partial charge in [0.25, 0.3) is 11.4 Å². The van der Waals surface area contributed by atoms with E-state index >= 15 is 0 Å². The second kappa shape index (κ2) is 7.32. The van der Waals surface area contributed by atoms with E-state index < -0.39 is 9.85 Å². The van der Waals surface area contributed by atoms with Gasteiger partial charge in [0.2, 0.25) is 0 Å². The van der Waals surface area contributed by atoms with E-state index in [1.165, 1.54) is 24.3 Å². The molecule has 0 atom stereocenters. The molecule has 0 aliphatic carbocycles. The van der Waals surface area contributed by atoms with Gasteiger partial charge in [0.1, 0.15) is 0 Å². The molecule has 0 spiro atoms. The Morgan fingerprint density at radius 1 is 0.615 bits per heavy atom. The van der Waals surface area contributed by atoms with Crippen molar-refractivity contribution in [3.05, 3.63) is 97.5 Å². The van der Waals surface area contributed by atoms with E-state index in [1.807, 2.05) is 29.2 Å². The first kappa shape index (κ1) is 17.6. The smallest absolute Gasteiger partial charge is 0.269 e. The van der Waals surface area contributed by atoms with Gasteiger partial charge >= 0.3 is 0 Å². The minimum absolute atomic E-state index is 0.00629. The van der Waals surface area contributed by atoms with Crippen molar-refractivity contribution in [1.82, 2.24) is 0 Å². The van der Waals surface area contributed by atoms with Gasteiger partial charge in [-0.25, -0.2) is 0 Å². The average molecular weight is 414 g/mol. The van der Waals surface area contributed by atoms with Crippen LogP contribution in [0.25, 0.3) is 0 Å². The Labute approximate surface area is 156 Å². The molecule has 8 heteroatoms. The summed E-state index contributed by atoms with van der Waals surface area (Å²) in [5, 5.41) is 21.8. The van der Waals surface area contributed by atoms with Gasteiger partial charge in [-0.05, 0) is 48.5 Å². The van der Waals surface area contributed by atoms with Crippen molar-refractivity contribution in [2.75, 3.05) is 4.90 Å². The molecule has 130 valence electrons. The van der Waals surface area contributed by atoms with Gasteiger partial charge in [0, 0.05) is 45.8 Å². The first-order chi connectivity index (χ1) is 12.5. The molecular formula is C18H12BrN3O4. The second-order valence-electron chi connectivity index (χ2n) is 5.36. The number of anilines is 3. The highest BCUT2D eigenvalue weighted by atomic mass is 79.9. The van der Waals surface area contributed by atoms with Crippen molar-refractivity contribution in [3.63, 3.8) is 0 Å². The minimum Gasteiger partial charge on any atom is -0.310 e. The number of non-ortho nitro benzene ring substituents is 2. The number of halogens is 1. The Kier molecular flexibility index (Phi) is 4.94. The van der Waals surface area contributed by atoms with Crippen molar-refractivity contribution in [2.45, 2.75) is 0 Å². The number of rotatable bonds is 5. The zero-order chi connectivity index (χ0) is 18.7. The fourth-order valence-corrected chi connectivity index (χ4v) is 2.75. The van der Waals surface area contributed by atoms with Crippen LogP contribution < -0.4 is 4.90 Å². The summed E-state index contributed by atoms with van der Waals surface area (Å²) in [6.07, 6.45) is 0. The van der Waals surface area contributed by atoms with Gasteiger partial charge in [0.15, 0.2) is 0 Å². The van der Waals surface area contributed by atoms with Gasteiger partial charge in [0.05, 0.1) is 9.85 Å². The van der Waals surface area contributed by atoms with E-state index in [0.717, 1.165) is 10.2 Å². The molecule has 26 heavy (non-hydrogen) atoms. The third kappa shape index (κ3) is 3.70. The molecular weight excluding hydrogens is 402 g/mol. The topological polar surface area (TPSA) is 89.5 Å². The third-order valence-electron chi connectivity index (χ3n) is 3.72. The first-order valence-corrected chi connectivity index (χ1v) is 8.29. The molecule has 3 aromatic rings. The SMILES string of the molecule is O=[N+]([O-])c1ccc(N(c2ccc(Br)cc2)c2ccc([N+](=O)[O-])cc2)cc1. The highest BCUT2D eigenvalue weighted by Gasteiger charge is 2.15. The zero-order valence-electron chi connectivity index (χ0n) is 13.3. The van der Waals surface area contributed by atoms with Crippen LogP contribution in [0.4, 0.5) is 28.4 Å². The number of nitro groups is 2. The average Bonchev–Trinajstić information content (AvgIpc) is 2.64. The molecule has 0 heterocycles. The molecule has 3 aromatic carbocycles. The predicted molar refractivity (Wildman–Crippen MR) is 102 cm³/mol. The largest absolute Gasteiger partial charge is 0.310 e. The maximum atomic E-state index is 10.9. The van der Waals surface area contributed by atoms with Crippen LogP contribution >= 0.6 is 15.9 Å². The van der Waals surface area contributed by atoms with E-state index in [0.29, 0.717) is 11.4 Å². The maximum absolute atomic E-state index is 10.9. The van der Waals surface area contributed by atoms with Crippen LogP contribution in [0.2, 0.25) is 0 Å². The third-order valence-corrected chi connectivity index (χ3v) is 4.25. The lowest BCUT2D eigenvalue weighted by atomic mass is 10.2. The maximum Gasteiger partial charge on any atom is 0.269 e. The van der Waals surface area contributed by atoms with Crippen molar-refractivity contribution in [1.29, 1.82) is 0 Å². The van der Waals surface area contributed by atoms with E-state index in [9.17, 15) is 20.2 Å². The van der Waals surface area contributed by atoms with Crippen LogP contribution in [0.15, 0.2) is 77.3 Å². The van der Waals surface area contributed by atoms with Gasteiger partial charge < -0.3 is 4.90 Å². The Bertz CT molecular complexity index is 884. The summed E-state index contributed by atoms with van der Waals surface area (Å²) < 4.78 is 0.911. The lowest BCUT2D eigenvalue weighted by molar-refractivity contribution is -0.385. The molecule has 0 fully saturated rings. The summed E-state index contributed by atoms with van der Waals surface area (Å²) in [6.45, 7) is 0. The van der Waals surface area contributed by atoms with Crippen LogP contribution in [0.3, 0.4) is 0 Å². The van der Waals surface area contributed by atoms with Gasteiger partial charge in [-0.3, -0.25) is 20.2 Å². The molecule has 0 amide bonds. The van der Waals surface area contributed by atoms with E-state index in [4.69, 9.17) is 0 Å². The fraction of sp³-hybridized carbons (Fsp3) is 0. The normalized spacial score (nSPS) is 10.3. The van der Waals surface area contributed by atoms with E-state index in [2.05, 4.69) is 15.9 Å². The molecule has 0 saturated heterocycles. The first-order valence-electron chi connectivity index (χ1n) is 7.50. The number of hydrogen-bond acceptors (Lipinski definition) is 5. The van der Waals surface area contributed by atoms with Crippen LogP contribution in [0.1, 0.15) is 0 Å². The highest BCUT2D eigenvalue weighted by molar-refractivity contribution is 9.10. The van der Waals surface area contributed by atoms with Crippen LogP contribution in [-0.2, 0) is 0 Å². The van der Waals surface area contributed by atoms with Crippen molar-refractivity contribution >= 4 is 44.4 Å². The number of nitrogens with zero attached hydrogens (tertiary/aromatic N) is 3. The van der Waals surface area contributed by atoms with E-state index in [-0.39, 0.29) is 11.4 Å². The van der Waals surface area contributed by atoms with Crippen molar-refractivity contribution in [3.8, 4) is 0 Å². The summed E-state index contributed by atoms with van der Waals surface area (Å²) in [5.41, 5.74) is 2.20. The fourth-order valence-electron chi connectivity index (χ4n) is 2.48. The molecule has 0 aliphatic heterocycles. The standard InChI is InChI=1S/C18H12BrN3O4/c19-13-1-3-14(4-2-13)20(15-5-9-17(10-6-15)21(23)24)16-7-11-18(12-8-16)22(25)26/h1-12H. The van der Waals surface area contributed by atoms with Crippen LogP contribution in [0.5, 0.6) is 0 Å². The highest BCUT2D eigenvalue weighted by Crippen LogP contribution is 2.36. The van der Waals surface area contributed by atoms with Gasteiger partial charge in [-0.2, -0.15) is 0 Å². The number of benzene rings is 3. The molecule has 0 aromatic heterocycles. The monoisotopic (exact) mass is 413 g/mol. The second-order valence-corrected chi connectivity index (χ2v) is 6.27. The van der Waals surface area contributed by atoms with E-state index in [1.54, 1.807) is 24.3 Å². The molecule has 0 bridgehead atoms. The van der Waals surface area contributed by atoms with Crippen LogP contribution in [0, 0.1) is 20.2 Å². The summed E-state index contributed by atoms with van der Waals surface area (Å²) >= 11 is 3.39. The molecule has 0 saturated carbocycles. The molecule has 0 aliphatic rings. The Morgan fingerprint density at radius 2 is 0.923 bits per heavy atom. The molecule has 3 rings (SSSR count).